The van der Waals surface area contributed by atoms with Crippen LogP contribution in [0.5, 0.6) is 0 Å². The number of aromatic nitrogens is 1. The molecule has 1 aromatic heterocycles. The monoisotopic (exact) mass is 335 g/mol. The molecule has 104 valence electrons. The molecule has 0 saturated heterocycles. The normalized spacial score (nSPS) is 10.3. The Kier molecular flexibility index (Phi) is 4.34. The number of rotatable bonds is 4. The zero-order chi connectivity index (χ0) is 14.7. The molecule has 0 amide bonds. The SMILES string of the molecule is Cc1cc(C)c([N+](=O)[O-])cc1NCc1ccc(Br)cn1. The highest BCUT2D eigenvalue weighted by Gasteiger charge is 2.13. The Morgan fingerprint density at radius 1 is 1.30 bits per heavy atom. The van der Waals surface area contributed by atoms with Gasteiger partial charge in [0.15, 0.2) is 0 Å². The molecule has 1 aromatic carbocycles. The topological polar surface area (TPSA) is 68.1 Å². The fraction of sp³-hybridized carbons (Fsp3) is 0.214. The number of hydrogen-bond acceptors (Lipinski definition) is 4. The Morgan fingerprint density at radius 2 is 2.05 bits per heavy atom. The first-order valence-corrected chi connectivity index (χ1v) is 6.86. The summed E-state index contributed by atoms with van der Waals surface area (Å²) in [5.41, 5.74) is 3.40. The Bertz CT molecular complexity index is 642. The van der Waals surface area contributed by atoms with Crippen LogP contribution in [0.3, 0.4) is 0 Å². The molecule has 0 aliphatic rings. The first-order chi connectivity index (χ1) is 9.47. The third-order valence-electron chi connectivity index (χ3n) is 2.99. The van der Waals surface area contributed by atoms with Gasteiger partial charge in [-0.2, -0.15) is 0 Å². The van der Waals surface area contributed by atoms with Crippen LogP contribution < -0.4 is 5.32 Å². The van der Waals surface area contributed by atoms with E-state index < -0.39 is 0 Å². The van der Waals surface area contributed by atoms with Crippen LogP contribution in [0.1, 0.15) is 16.8 Å². The van der Waals surface area contributed by atoms with Gasteiger partial charge in [0.25, 0.3) is 5.69 Å². The Balaban J connectivity index is 2.18. The molecule has 20 heavy (non-hydrogen) atoms. The number of aryl methyl sites for hydroxylation is 2. The number of pyridine rings is 1. The van der Waals surface area contributed by atoms with Crippen molar-refractivity contribution in [3.63, 3.8) is 0 Å². The number of hydrogen-bond donors (Lipinski definition) is 1. The summed E-state index contributed by atoms with van der Waals surface area (Å²) in [6, 6.07) is 7.20. The van der Waals surface area contributed by atoms with E-state index in [1.807, 2.05) is 25.1 Å². The summed E-state index contributed by atoms with van der Waals surface area (Å²) in [5, 5.41) is 14.1. The second-order valence-corrected chi connectivity index (χ2v) is 5.45. The van der Waals surface area contributed by atoms with Gasteiger partial charge >= 0.3 is 0 Å². The fourth-order valence-electron chi connectivity index (χ4n) is 1.92. The van der Waals surface area contributed by atoms with E-state index in [4.69, 9.17) is 0 Å². The second kappa shape index (κ2) is 6.00. The molecule has 1 heterocycles. The highest BCUT2D eigenvalue weighted by molar-refractivity contribution is 9.10. The van der Waals surface area contributed by atoms with Crippen molar-refractivity contribution in [2.45, 2.75) is 20.4 Å². The number of nitro benzene ring substituents is 1. The third-order valence-corrected chi connectivity index (χ3v) is 3.46. The van der Waals surface area contributed by atoms with Crippen LogP contribution in [-0.2, 0) is 6.54 Å². The van der Waals surface area contributed by atoms with E-state index in [1.165, 1.54) is 0 Å². The van der Waals surface area contributed by atoms with Crippen molar-refractivity contribution in [1.29, 1.82) is 0 Å². The summed E-state index contributed by atoms with van der Waals surface area (Å²) in [6.07, 6.45) is 1.72. The van der Waals surface area contributed by atoms with Gasteiger partial charge in [0, 0.05) is 28.0 Å². The highest BCUT2D eigenvalue weighted by Crippen LogP contribution is 2.26. The van der Waals surface area contributed by atoms with Gasteiger partial charge in [-0.3, -0.25) is 15.1 Å². The van der Waals surface area contributed by atoms with Gasteiger partial charge in [0.2, 0.25) is 0 Å². The van der Waals surface area contributed by atoms with Gasteiger partial charge in [-0.25, -0.2) is 0 Å². The molecule has 0 aliphatic carbocycles. The van der Waals surface area contributed by atoms with Crippen molar-refractivity contribution < 1.29 is 4.92 Å². The van der Waals surface area contributed by atoms with Gasteiger partial charge < -0.3 is 5.32 Å². The predicted octanol–water partition coefficient (Wildman–Crippen LogP) is 3.98. The van der Waals surface area contributed by atoms with E-state index in [1.54, 1.807) is 19.2 Å². The number of benzene rings is 1. The number of halogens is 1. The zero-order valence-corrected chi connectivity index (χ0v) is 12.8. The minimum Gasteiger partial charge on any atom is -0.379 e. The molecule has 0 atom stereocenters. The van der Waals surface area contributed by atoms with Gasteiger partial charge in [-0.1, -0.05) is 0 Å². The molecular weight excluding hydrogens is 322 g/mol. The van der Waals surface area contributed by atoms with Crippen LogP contribution >= 0.6 is 15.9 Å². The zero-order valence-electron chi connectivity index (χ0n) is 11.2. The minimum absolute atomic E-state index is 0.127. The standard InChI is InChI=1S/C14H14BrN3O2/c1-9-5-10(2)14(18(19)20)6-13(9)17-8-12-4-3-11(15)7-16-12/h3-7,17H,8H2,1-2H3. The van der Waals surface area contributed by atoms with Crippen LogP contribution in [0, 0.1) is 24.0 Å². The summed E-state index contributed by atoms with van der Waals surface area (Å²) in [7, 11) is 0. The van der Waals surface area contributed by atoms with Crippen LogP contribution in [0.2, 0.25) is 0 Å². The molecule has 0 saturated carbocycles. The summed E-state index contributed by atoms with van der Waals surface area (Å²) in [6.45, 7) is 4.19. The third kappa shape index (κ3) is 3.33. The first kappa shape index (κ1) is 14.5. The smallest absolute Gasteiger partial charge is 0.274 e. The summed E-state index contributed by atoms with van der Waals surface area (Å²) in [4.78, 5) is 14.8. The molecule has 1 N–H and O–H groups in total. The van der Waals surface area contributed by atoms with Crippen molar-refractivity contribution in [2.75, 3.05) is 5.32 Å². The predicted molar refractivity (Wildman–Crippen MR) is 81.8 cm³/mol. The average Bonchev–Trinajstić information content (AvgIpc) is 2.39. The molecule has 2 aromatic rings. The molecule has 5 nitrogen and oxygen atoms in total. The Morgan fingerprint density at radius 3 is 2.65 bits per heavy atom. The van der Waals surface area contributed by atoms with Crippen molar-refractivity contribution in [1.82, 2.24) is 4.98 Å². The van der Waals surface area contributed by atoms with Crippen molar-refractivity contribution in [3.05, 3.63) is 61.9 Å². The molecule has 0 radical (unpaired) electrons. The Hall–Kier alpha value is -1.95. The molecule has 6 heteroatoms. The lowest BCUT2D eigenvalue weighted by Gasteiger charge is -2.10. The molecule has 0 bridgehead atoms. The highest BCUT2D eigenvalue weighted by atomic mass is 79.9. The number of nitro groups is 1. The number of nitrogens with zero attached hydrogens (tertiary/aromatic N) is 2. The molecule has 0 spiro atoms. The van der Waals surface area contributed by atoms with Crippen molar-refractivity contribution >= 4 is 27.3 Å². The van der Waals surface area contributed by atoms with Gasteiger partial charge in [0.05, 0.1) is 17.2 Å². The first-order valence-electron chi connectivity index (χ1n) is 6.07. The lowest BCUT2D eigenvalue weighted by atomic mass is 10.1. The molecule has 0 unspecified atom stereocenters. The number of anilines is 1. The fourth-order valence-corrected chi connectivity index (χ4v) is 2.16. The minimum atomic E-state index is -0.363. The van der Waals surface area contributed by atoms with Gasteiger partial charge in [0.1, 0.15) is 0 Å². The van der Waals surface area contributed by atoms with Gasteiger partial charge in [-0.05, 0) is 53.5 Å². The largest absolute Gasteiger partial charge is 0.379 e. The maximum Gasteiger partial charge on any atom is 0.274 e. The van der Waals surface area contributed by atoms with E-state index in [-0.39, 0.29) is 10.6 Å². The van der Waals surface area contributed by atoms with Crippen LogP contribution in [-0.4, -0.2) is 9.91 Å². The van der Waals surface area contributed by atoms with Crippen molar-refractivity contribution in [3.8, 4) is 0 Å². The Labute approximate surface area is 125 Å². The van der Waals surface area contributed by atoms with E-state index in [0.29, 0.717) is 12.1 Å². The maximum absolute atomic E-state index is 11.0. The quantitative estimate of drug-likeness (QED) is 0.677. The molecule has 2 rings (SSSR count). The molecule has 0 aliphatic heterocycles. The van der Waals surface area contributed by atoms with Crippen LogP contribution in [0.15, 0.2) is 34.9 Å². The van der Waals surface area contributed by atoms with Crippen LogP contribution in [0.4, 0.5) is 11.4 Å². The average molecular weight is 336 g/mol. The van der Waals surface area contributed by atoms with E-state index in [0.717, 1.165) is 21.4 Å². The van der Waals surface area contributed by atoms with E-state index in [9.17, 15) is 10.1 Å². The van der Waals surface area contributed by atoms with E-state index >= 15 is 0 Å². The summed E-state index contributed by atoms with van der Waals surface area (Å²) in [5.74, 6) is 0. The van der Waals surface area contributed by atoms with Crippen LogP contribution in [0.25, 0.3) is 0 Å². The van der Waals surface area contributed by atoms with E-state index in [2.05, 4.69) is 26.2 Å². The molecule has 0 fully saturated rings. The lowest BCUT2D eigenvalue weighted by molar-refractivity contribution is -0.385. The van der Waals surface area contributed by atoms with Gasteiger partial charge in [-0.15, -0.1) is 0 Å². The number of nitrogens with one attached hydrogen (secondary N) is 1. The lowest BCUT2D eigenvalue weighted by Crippen LogP contribution is -2.04. The summed E-state index contributed by atoms with van der Waals surface area (Å²) >= 11 is 3.33. The summed E-state index contributed by atoms with van der Waals surface area (Å²) < 4.78 is 0.920. The van der Waals surface area contributed by atoms with Crippen molar-refractivity contribution in [2.24, 2.45) is 0 Å². The second-order valence-electron chi connectivity index (χ2n) is 4.53. The molecular formula is C14H14BrN3O2. The maximum atomic E-state index is 11.0.